The molecule has 2 rings (SSSR count). The minimum absolute atomic E-state index is 0.237. The third kappa shape index (κ3) is 2.36. The Bertz CT molecular complexity index is 545. The third-order valence-electron chi connectivity index (χ3n) is 2.53. The van der Waals surface area contributed by atoms with Crippen molar-refractivity contribution in [2.75, 3.05) is 0 Å². The molecule has 2 aromatic rings. The number of ether oxygens (including phenoxy) is 1. The van der Waals surface area contributed by atoms with Crippen LogP contribution in [0.15, 0.2) is 18.2 Å². The van der Waals surface area contributed by atoms with Crippen LogP contribution >= 0.6 is 0 Å². The van der Waals surface area contributed by atoms with Crippen molar-refractivity contribution in [2.24, 2.45) is 5.73 Å². The zero-order valence-electron chi connectivity index (χ0n) is 9.06. The molecule has 0 saturated carbocycles. The van der Waals surface area contributed by atoms with Gasteiger partial charge < -0.3 is 15.5 Å². The van der Waals surface area contributed by atoms with E-state index in [1.54, 1.807) is 6.07 Å². The summed E-state index contributed by atoms with van der Waals surface area (Å²) in [7, 11) is 0. The van der Waals surface area contributed by atoms with Gasteiger partial charge in [-0.2, -0.15) is 0 Å². The number of H-pyrrole nitrogens is 1. The van der Waals surface area contributed by atoms with E-state index in [9.17, 15) is 13.2 Å². The van der Waals surface area contributed by atoms with Crippen molar-refractivity contribution in [2.45, 2.75) is 19.8 Å². The van der Waals surface area contributed by atoms with Gasteiger partial charge in [-0.3, -0.25) is 0 Å². The van der Waals surface area contributed by atoms with Gasteiger partial charge >= 0.3 is 6.36 Å². The first-order valence-electron chi connectivity index (χ1n) is 4.98. The van der Waals surface area contributed by atoms with Gasteiger partial charge in [0.05, 0.1) is 0 Å². The van der Waals surface area contributed by atoms with Crippen molar-refractivity contribution in [1.82, 2.24) is 4.98 Å². The maximum Gasteiger partial charge on any atom is 0.573 e. The standard InChI is InChI=1S/C11H11F3N2O/c1-6-9(5-15)8-4-7(17-11(12,13)14)2-3-10(8)16-6/h2-4,16H,5,15H2,1H3. The fourth-order valence-electron chi connectivity index (χ4n) is 1.82. The van der Waals surface area contributed by atoms with Crippen LogP contribution < -0.4 is 10.5 Å². The van der Waals surface area contributed by atoms with Crippen molar-refractivity contribution in [3.63, 3.8) is 0 Å². The first-order valence-corrected chi connectivity index (χ1v) is 4.98. The van der Waals surface area contributed by atoms with E-state index in [0.717, 1.165) is 16.8 Å². The zero-order valence-corrected chi connectivity index (χ0v) is 9.06. The fourth-order valence-corrected chi connectivity index (χ4v) is 1.82. The van der Waals surface area contributed by atoms with E-state index >= 15 is 0 Å². The average Bonchev–Trinajstić information content (AvgIpc) is 2.50. The summed E-state index contributed by atoms with van der Waals surface area (Å²) in [5, 5.41) is 0.659. The van der Waals surface area contributed by atoms with E-state index in [2.05, 4.69) is 9.72 Å². The molecule has 0 amide bonds. The number of aryl methyl sites for hydroxylation is 1. The molecular weight excluding hydrogens is 233 g/mol. The Labute approximate surface area is 95.4 Å². The first-order chi connectivity index (χ1) is 7.90. The molecule has 0 atom stereocenters. The number of hydrogen-bond acceptors (Lipinski definition) is 2. The predicted octanol–water partition coefficient (Wildman–Crippen LogP) is 2.83. The van der Waals surface area contributed by atoms with E-state index in [1.165, 1.54) is 12.1 Å². The van der Waals surface area contributed by atoms with Crippen LogP contribution in [-0.2, 0) is 6.54 Å². The highest BCUT2D eigenvalue weighted by Crippen LogP contribution is 2.29. The molecule has 0 unspecified atom stereocenters. The second-order valence-electron chi connectivity index (χ2n) is 3.69. The highest BCUT2D eigenvalue weighted by molar-refractivity contribution is 5.85. The van der Waals surface area contributed by atoms with Gasteiger partial charge in [0.15, 0.2) is 0 Å². The molecule has 0 spiro atoms. The molecule has 3 nitrogen and oxygen atoms in total. The van der Waals surface area contributed by atoms with Crippen molar-refractivity contribution < 1.29 is 17.9 Å². The summed E-state index contributed by atoms with van der Waals surface area (Å²) in [6, 6.07) is 4.16. The Morgan fingerprint density at radius 2 is 2.06 bits per heavy atom. The topological polar surface area (TPSA) is 51.0 Å². The Balaban J connectivity index is 2.49. The van der Waals surface area contributed by atoms with Crippen LogP contribution in [0.2, 0.25) is 0 Å². The molecule has 1 heterocycles. The van der Waals surface area contributed by atoms with Gasteiger partial charge in [0.1, 0.15) is 5.75 Å². The average molecular weight is 244 g/mol. The van der Waals surface area contributed by atoms with Crippen LogP contribution in [0.3, 0.4) is 0 Å². The van der Waals surface area contributed by atoms with Gasteiger partial charge in [-0.25, -0.2) is 0 Å². The van der Waals surface area contributed by atoms with Gasteiger partial charge in [0, 0.05) is 23.1 Å². The maximum absolute atomic E-state index is 12.1. The summed E-state index contributed by atoms with van der Waals surface area (Å²) in [5.41, 5.74) is 7.96. The van der Waals surface area contributed by atoms with Gasteiger partial charge in [0.25, 0.3) is 0 Å². The number of fused-ring (bicyclic) bond motifs is 1. The molecule has 0 fully saturated rings. The first kappa shape index (κ1) is 11.8. The lowest BCUT2D eigenvalue weighted by Crippen LogP contribution is -2.17. The summed E-state index contributed by atoms with van der Waals surface area (Å²) in [6.45, 7) is 2.09. The molecule has 0 aliphatic carbocycles. The number of alkyl halides is 3. The van der Waals surface area contributed by atoms with E-state index in [4.69, 9.17) is 5.73 Å². The number of nitrogens with two attached hydrogens (primary N) is 1. The van der Waals surface area contributed by atoms with E-state index in [0.29, 0.717) is 5.39 Å². The molecule has 92 valence electrons. The highest BCUT2D eigenvalue weighted by Gasteiger charge is 2.31. The lowest BCUT2D eigenvalue weighted by atomic mass is 10.1. The minimum atomic E-state index is -4.68. The Hall–Kier alpha value is -1.69. The molecule has 0 bridgehead atoms. The SMILES string of the molecule is Cc1[nH]c2ccc(OC(F)(F)F)cc2c1CN. The van der Waals surface area contributed by atoms with Crippen molar-refractivity contribution in [1.29, 1.82) is 0 Å². The van der Waals surface area contributed by atoms with Gasteiger partial charge in [0.2, 0.25) is 0 Å². The summed E-state index contributed by atoms with van der Waals surface area (Å²) >= 11 is 0. The predicted molar refractivity (Wildman–Crippen MR) is 57.6 cm³/mol. The van der Waals surface area contributed by atoms with E-state index in [-0.39, 0.29) is 12.3 Å². The van der Waals surface area contributed by atoms with Crippen LogP contribution in [0.1, 0.15) is 11.3 Å². The normalized spacial score (nSPS) is 12.1. The van der Waals surface area contributed by atoms with Crippen LogP contribution in [0.5, 0.6) is 5.75 Å². The monoisotopic (exact) mass is 244 g/mol. The second-order valence-corrected chi connectivity index (χ2v) is 3.69. The molecule has 0 saturated heterocycles. The van der Waals surface area contributed by atoms with Gasteiger partial charge in [-0.15, -0.1) is 13.2 Å². The van der Waals surface area contributed by atoms with Crippen molar-refractivity contribution in [3.05, 3.63) is 29.5 Å². The number of aromatic amines is 1. The number of nitrogens with one attached hydrogen (secondary N) is 1. The van der Waals surface area contributed by atoms with Crippen molar-refractivity contribution in [3.8, 4) is 5.75 Å². The summed E-state index contributed by atoms with van der Waals surface area (Å²) in [6.07, 6.45) is -4.68. The minimum Gasteiger partial charge on any atom is -0.406 e. The maximum atomic E-state index is 12.1. The van der Waals surface area contributed by atoms with Crippen molar-refractivity contribution >= 4 is 10.9 Å². The lowest BCUT2D eigenvalue weighted by molar-refractivity contribution is -0.274. The van der Waals surface area contributed by atoms with Crippen LogP contribution in [0.4, 0.5) is 13.2 Å². The van der Waals surface area contributed by atoms with E-state index in [1.807, 2.05) is 6.92 Å². The van der Waals surface area contributed by atoms with Crippen LogP contribution in [-0.4, -0.2) is 11.3 Å². The number of hydrogen-bond donors (Lipinski definition) is 2. The number of halogens is 3. The molecular formula is C11H11F3N2O. The Kier molecular flexibility index (Phi) is 2.74. The number of aromatic nitrogens is 1. The molecule has 0 radical (unpaired) electrons. The molecule has 3 N–H and O–H groups in total. The van der Waals surface area contributed by atoms with Gasteiger partial charge in [-0.1, -0.05) is 0 Å². The molecule has 1 aromatic heterocycles. The lowest BCUT2D eigenvalue weighted by Gasteiger charge is -2.08. The molecule has 1 aromatic carbocycles. The van der Waals surface area contributed by atoms with Gasteiger partial charge in [-0.05, 0) is 30.7 Å². The molecule has 0 aliphatic rings. The Morgan fingerprint density at radius 3 is 2.65 bits per heavy atom. The largest absolute Gasteiger partial charge is 0.573 e. The molecule has 6 heteroatoms. The molecule has 17 heavy (non-hydrogen) atoms. The number of rotatable bonds is 2. The second kappa shape index (κ2) is 3.96. The molecule has 0 aliphatic heterocycles. The summed E-state index contributed by atoms with van der Waals surface area (Å²) in [4.78, 5) is 3.05. The third-order valence-corrected chi connectivity index (χ3v) is 2.53. The van der Waals surface area contributed by atoms with Crippen LogP contribution in [0, 0.1) is 6.92 Å². The highest BCUT2D eigenvalue weighted by atomic mass is 19.4. The zero-order chi connectivity index (χ0) is 12.6. The smallest absolute Gasteiger partial charge is 0.406 e. The fraction of sp³-hybridized carbons (Fsp3) is 0.273. The number of benzene rings is 1. The van der Waals surface area contributed by atoms with Crippen LogP contribution in [0.25, 0.3) is 10.9 Å². The Morgan fingerprint density at radius 1 is 1.35 bits per heavy atom. The quantitative estimate of drug-likeness (QED) is 0.853. The van der Waals surface area contributed by atoms with E-state index < -0.39 is 6.36 Å². The summed E-state index contributed by atoms with van der Waals surface area (Å²) in [5.74, 6) is -0.237. The summed E-state index contributed by atoms with van der Waals surface area (Å²) < 4.78 is 40.1.